The molecule has 2 heterocycles. The molecule has 2 aliphatic carbocycles. The highest BCUT2D eigenvalue weighted by Crippen LogP contribution is 2.33. The molecule has 4 rings (SSSR count). The van der Waals surface area contributed by atoms with Crippen LogP contribution in [0.3, 0.4) is 0 Å². The quantitative estimate of drug-likeness (QED) is 0.563. The van der Waals surface area contributed by atoms with Gasteiger partial charge in [0, 0.05) is 37.3 Å². The van der Waals surface area contributed by atoms with E-state index in [1.54, 1.807) is 0 Å². The van der Waals surface area contributed by atoms with E-state index in [0.29, 0.717) is 36.2 Å². The molecule has 4 aliphatic rings. The van der Waals surface area contributed by atoms with Gasteiger partial charge in [0.1, 0.15) is 0 Å². The van der Waals surface area contributed by atoms with E-state index >= 15 is 0 Å². The Kier molecular flexibility index (Phi) is 4.49. The van der Waals surface area contributed by atoms with Gasteiger partial charge in [0.2, 0.25) is 0 Å². The molecule has 24 heavy (non-hydrogen) atoms. The van der Waals surface area contributed by atoms with Gasteiger partial charge in [-0.1, -0.05) is 0 Å². The summed E-state index contributed by atoms with van der Waals surface area (Å²) in [6.07, 6.45) is 7.07. The number of likely N-dealkylation sites (tertiary alicyclic amines) is 1. The summed E-state index contributed by atoms with van der Waals surface area (Å²) in [5.74, 6) is 1.74. The second kappa shape index (κ2) is 6.48. The van der Waals surface area contributed by atoms with Crippen LogP contribution in [0.5, 0.6) is 0 Å². The average molecular weight is 355 g/mol. The molecule has 2 saturated carbocycles. The van der Waals surface area contributed by atoms with Crippen LogP contribution < -0.4 is 10.6 Å². The predicted octanol–water partition coefficient (Wildman–Crippen LogP) is 0.744. The standard InChI is InChI=1S/C17H30N4O2S/c1-12-8-15(10-21(12)16-4-5-16)20-17(19-14-2-3-14)18-9-13-6-7-24(22,23)11-13/h12-16H,2-11H2,1H3,(H2,18,19,20). The third-order valence-electron chi connectivity index (χ3n) is 5.73. The summed E-state index contributed by atoms with van der Waals surface area (Å²) in [5, 5.41) is 7.13. The molecule has 136 valence electrons. The van der Waals surface area contributed by atoms with Crippen LogP contribution in [-0.2, 0) is 9.84 Å². The largest absolute Gasteiger partial charge is 0.354 e. The first-order chi connectivity index (χ1) is 11.5. The van der Waals surface area contributed by atoms with Crippen molar-refractivity contribution in [3.63, 3.8) is 0 Å². The Balaban J connectivity index is 1.34. The highest BCUT2D eigenvalue weighted by molar-refractivity contribution is 7.91. The van der Waals surface area contributed by atoms with E-state index in [1.165, 1.54) is 32.1 Å². The molecule has 0 radical (unpaired) electrons. The molecule has 4 fully saturated rings. The van der Waals surface area contributed by atoms with Crippen molar-refractivity contribution in [1.82, 2.24) is 15.5 Å². The van der Waals surface area contributed by atoms with Crippen molar-refractivity contribution < 1.29 is 8.42 Å². The van der Waals surface area contributed by atoms with Gasteiger partial charge in [0.15, 0.2) is 15.8 Å². The van der Waals surface area contributed by atoms with Gasteiger partial charge < -0.3 is 10.6 Å². The van der Waals surface area contributed by atoms with Gasteiger partial charge >= 0.3 is 0 Å². The number of rotatable bonds is 5. The monoisotopic (exact) mass is 354 g/mol. The zero-order valence-corrected chi connectivity index (χ0v) is 15.4. The number of nitrogens with one attached hydrogen (secondary N) is 2. The lowest BCUT2D eigenvalue weighted by Gasteiger charge is -2.20. The molecule has 3 unspecified atom stereocenters. The summed E-state index contributed by atoms with van der Waals surface area (Å²) in [6.45, 7) is 4.05. The number of sulfone groups is 1. The molecule has 0 bridgehead atoms. The molecule has 2 N–H and O–H groups in total. The summed E-state index contributed by atoms with van der Waals surface area (Å²) in [7, 11) is -2.81. The maximum atomic E-state index is 11.6. The van der Waals surface area contributed by atoms with E-state index in [2.05, 4.69) is 22.5 Å². The Morgan fingerprint density at radius 3 is 2.50 bits per heavy atom. The summed E-state index contributed by atoms with van der Waals surface area (Å²) in [4.78, 5) is 7.37. The summed E-state index contributed by atoms with van der Waals surface area (Å²) >= 11 is 0. The molecule has 6 nitrogen and oxygen atoms in total. The van der Waals surface area contributed by atoms with Crippen molar-refractivity contribution in [2.24, 2.45) is 10.9 Å². The Morgan fingerprint density at radius 2 is 1.88 bits per heavy atom. The molecule has 0 aromatic rings. The third kappa shape index (κ3) is 4.23. The Hall–Kier alpha value is -0.820. The number of hydrogen-bond donors (Lipinski definition) is 2. The lowest BCUT2D eigenvalue weighted by Crippen LogP contribution is -2.45. The second-order valence-corrected chi connectivity index (χ2v) is 10.5. The zero-order chi connectivity index (χ0) is 16.7. The summed E-state index contributed by atoms with van der Waals surface area (Å²) in [6, 6.07) is 2.48. The molecule has 0 spiro atoms. The summed E-state index contributed by atoms with van der Waals surface area (Å²) < 4.78 is 23.2. The maximum absolute atomic E-state index is 11.6. The summed E-state index contributed by atoms with van der Waals surface area (Å²) in [5.41, 5.74) is 0. The second-order valence-electron chi connectivity index (χ2n) is 8.23. The van der Waals surface area contributed by atoms with Gasteiger partial charge in [-0.05, 0) is 51.4 Å². The lowest BCUT2D eigenvalue weighted by atomic mass is 10.1. The molecule has 0 aromatic carbocycles. The minimum atomic E-state index is -2.81. The van der Waals surface area contributed by atoms with Gasteiger partial charge in [-0.2, -0.15) is 0 Å². The van der Waals surface area contributed by atoms with Gasteiger partial charge in [-0.25, -0.2) is 8.42 Å². The first-order valence-corrected chi connectivity index (χ1v) is 11.3. The molecule has 0 aromatic heterocycles. The van der Waals surface area contributed by atoms with E-state index in [1.807, 2.05) is 0 Å². The van der Waals surface area contributed by atoms with Crippen molar-refractivity contribution in [1.29, 1.82) is 0 Å². The Bertz CT molecular complexity index is 598. The molecule has 0 amide bonds. The molecule has 2 saturated heterocycles. The minimum absolute atomic E-state index is 0.193. The van der Waals surface area contributed by atoms with Crippen LogP contribution >= 0.6 is 0 Å². The first kappa shape index (κ1) is 16.6. The minimum Gasteiger partial charge on any atom is -0.354 e. The van der Waals surface area contributed by atoms with Crippen LogP contribution in [0.25, 0.3) is 0 Å². The van der Waals surface area contributed by atoms with Crippen molar-refractivity contribution >= 4 is 15.8 Å². The van der Waals surface area contributed by atoms with Crippen LogP contribution in [-0.4, -0.2) is 68.0 Å². The number of hydrogen-bond acceptors (Lipinski definition) is 4. The van der Waals surface area contributed by atoms with Gasteiger partial charge in [0.25, 0.3) is 0 Å². The third-order valence-corrected chi connectivity index (χ3v) is 7.57. The number of guanidine groups is 1. The van der Waals surface area contributed by atoms with Gasteiger partial charge in [0.05, 0.1) is 11.5 Å². The molecular weight excluding hydrogens is 324 g/mol. The van der Waals surface area contributed by atoms with E-state index in [9.17, 15) is 8.42 Å². The van der Waals surface area contributed by atoms with Crippen molar-refractivity contribution in [2.45, 2.75) is 69.6 Å². The molecule has 7 heteroatoms. The first-order valence-electron chi connectivity index (χ1n) is 9.52. The molecular formula is C17H30N4O2S. The number of aliphatic imine (C=N–C) groups is 1. The Labute approximate surface area is 145 Å². The Morgan fingerprint density at radius 1 is 1.12 bits per heavy atom. The zero-order valence-electron chi connectivity index (χ0n) is 14.6. The van der Waals surface area contributed by atoms with Crippen LogP contribution in [0.15, 0.2) is 4.99 Å². The van der Waals surface area contributed by atoms with Crippen molar-refractivity contribution in [3.05, 3.63) is 0 Å². The van der Waals surface area contributed by atoms with Gasteiger partial charge in [-0.3, -0.25) is 9.89 Å². The SMILES string of the molecule is CC1CC(NC(=NCC2CCS(=O)(=O)C2)NC2CC2)CN1C1CC1. The average Bonchev–Trinajstić information content (AvgIpc) is 3.43. The van der Waals surface area contributed by atoms with Crippen LogP contribution in [0, 0.1) is 5.92 Å². The fraction of sp³-hybridized carbons (Fsp3) is 0.941. The fourth-order valence-electron chi connectivity index (χ4n) is 4.06. The van der Waals surface area contributed by atoms with Crippen molar-refractivity contribution in [2.75, 3.05) is 24.6 Å². The van der Waals surface area contributed by atoms with Crippen LogP contribution in [0.2, 0.25) is 0 Å². The normalized spacial score (nSPS) is 36.9. The van der Waals surface area contributed by atoms with E-state index in [0.717, 1.165) is 25.0 Å². The van der Waals surface area contributed by atoms with E-state index in [-0.39, 0.29) is 5.92 Å². The van der Waals surface area contributed by atoms with Crippen LogP contribution in [0.4, 0.5) is 0 Å². The molecule has 3 atom stereocenters. The number of nitrogens with zero attached hydrogens (tertiary/aromatic N) is 2. The van der Waals surface area contributed by atoms with E-state index < -0.39 is 9.84 Å². The topological polar surface area (TPSA) is 73.8 Å². The lowest BCUT2D eigenvalue weighted by molar-refractivity contribution is 0.256. The highest BCUT2D eigenvalue weighted by Gasteiger charge is 2.39. The highest BCUT2D eigenvalue weighted by atomic mass is 32.2. The molecule has 2 aliphatic heterocycles. The fourth-order valence-corrected chi connectivity index (χ4v) is 5.91. The van der Waals surface area contributed by atoms with Crippen molar-refractivity contribution in [3.8, 4) is 0 Å². The van der Waals surface area contributed by atoms with Gasteiger partial charge in [-0.15, -0.1) is 0 Å². The predicted molar refractivity (Wildman–Crippen MR) is 96.0 cm³/mol. The van der Waals surface area contributed by atoms with E-state index in [4.69, 9.17) is 4.99 Å². The maximum Gasteiger partial charge on any atom is 0.191 e. The van der Waals surface area contributed by atoms with Crippen LogP contribution in [0.1, 0.15) is 45.4 Å². The smallest absolute Gasteiger partial charge is 0.191 e.